The van der Waals surface area contributed by atoms with Crippen LogP contribution in [0.25, 0.3) is 0 Å². The van der Waals surface area contributed by atoms with Crippen LogP contribution in [0.15, 0.2) is 12.4 Å². The third-order valence-corrected chi connectivity index (χ3v) is 6.15. The lowest BCUT2D eigenvalue weighted by atomic mass is 9.92. The van der Waals surface area contributed by atoms with Crippen molar-refractivity contribution in [1.82, 2.24) is 24.5 Å². The smallest absolute Gasteiger partial charge is 0.0534 e. The molecule has 24 heavy (non-hydrogen) atoms. The van der Waals surface area contributed by atoms with E-state index in [1.807, 2.05) is 17.9 Å². The van der Waals surface area contributed by atoms with Gasteiger partial charge >= 0.3 is 0 Å². The summed E-state index contributed by atoms with van der Waals surface area (Å²) in [7, 11) is 6.46. The number of aryl methyl sites for hydroxylation is 1. The lowest BCUT2D eigenvalue weighted by Crippen LogP contribution is -2.48. The van der Waals surface area contributed by atoms with Gasteiger partial charge in [-0.2, -0.15) is 5.10 Å². The molecule has 0 N–H and O–H groups in total. The number of piperidine rings is 1. The molecule has 0 aromatic carbocycles. The molecule has 3 aliphatic rings. The second-order valence-electron chi connectivity index (χ2n) is 8.67. The fraction of sp³-hybridized carbons (Fsp3) is 0.842. The Morgan fingerprint density at radius 2 is 2.08 bits per heavy atom. The van der Waals surface area contributed by atoms with Crippen LogP contribution >= 0.6 is 0 Å². The van der Waals surface area contributed by atoms with Gasteiger partial charge in [-0.3, -0.25) is 14.5 Å². The molecule has 1 aromatic heterocycles. The number of rotatable bonds is 6. The molecular weight excluding hydrogens is 298 g/mol. The number of hydrogen-bond donors (Lipinski definition) is 0. The maximum absolute atomic E-state index is 4.32. The Morgan fingerprint density at radius 1 is 1.25 bits per heavy atom. The lowest BCUT2D eigenvalue weighted by molar-refractivity contribution is 0.0880. The molecule has 0 bridgehead atoms. The molecule has 4 rings (SSSR count). The monoisotopic (exact) mass is 331 g/mol. The summed E-state index contributed by atoms with van der Waals surface area (Å²) in [5.41, 5.74) is 1.36. The van der Waals surface area contributed by atoms with E-state index in [1.165, 1.54) is 57.4 Å². The summed E-state index contributed by atoms with van der Waals surface area (Å²) in [6.07, 6.45) is 9.86. The molecule has 5 heteroatoms. The van der Waals surface area contributed by atoms with Gasteiger partial charge in [0.1, 0.15) is 0 Å². The minimum atomic E-state index is 0.772. The maximum atomic E-state index is 4.32. The van der Waals surface area contributed by atoms with E-state index < -0.39 is 0 Å². The summed E-state index contributed by atoms with van der Waals surface area (Å²) < 4.78 is 1.92. The van der Waals surface area contributed by atoms with Crippen LogP contribution in [-0.4, -0.2) is 76.8 Å². The van der Waals surface area contributed by atoms with Crippen LogP contribution < -0.4 is 0 Å². The van der Waals surface area contributed by atoms with Crippen molar-refractivity contribution in [2.24, 2.45) is 18.9 Å². The Balaban J connectivity index is 1.39. The summed E-state index contributed by atoms with van der Waals surface area (Å²) in [5, 5.41) is 4.32. The van der Waals surface area contributed by atoms with E-state index in [4.69, 9.17) is 0 Å². The molecule has 0 radical (unpaired) electrons. The maximum Gasteiger partial charge on any atom is 0.0534 e. The summed E-state index contributed by atoms with van der Waals surface area (Å²) in [4.78, 5) is 7.95. The van der Waals surface area contributed by atoms with Crippen molar-refractivity contribution in [1.29, 1.82) is 0 Å². The zero-order chi connectivity index (χ0) is 16.7. The van der Waals surface area contributed by atoms with E-state index in [0.717, 1.165) is 30.5 Å². The number of fused-ring (bicyclic) bond motifs is 1. The molecule has 2 saturated heterocycles. The van der Waals surface area contributed by atoms with Gasteiger partial charge in [-0.25, -0.2) is 0 Å². The molecular formula is C19H33N5. The van der Waals surface area contributed by atoms with E-state index in [0.29, 0.717) is 0 Å². The average Bonchev–Trinajstić information content (AvgIpc) is 3.17. The molecule has 2 aliphatic heterocycles. The van der Waals surface area contributed by atoms with Crippen LogP contribution in [0.5, 0.6) is 0 Å². The molecule has 0 amide bonds. The zero-order valence-electron chi connectivity index (χ0n) is 15.6. The largest absolute Gasteiger partial charge is 0.308 e. The van der Waals surface area contributed by atoms with Crippen molar-refractivity contribution in [3.63, 3.8) is 0 Å². The summed E-state index contributed by atoms with van der Waals surface area (Å²) in [5.74, 6) is 1.86. The summed E-state index contributed by atoms with van der Waals surface area (Å²) in [6, 6.07) is 1.61. The predicted molar refractivity (Wildman–Crippen MR) is 96.8 cm³/mol. The minimum Gasteiger partial charge on any atom is -0.308 e. The molecule has 5 nitrogen and oxygen atoms in total. The van der Waals surface area contributed by atoms with Crippen LogP contribution in [0.4, 0.5) is 0 Å². The van der Waals surface area contributed by atoms with Crippen molar-refractivity contribution in [3.8, 4) is 0 Å². The lowest BCUT2D eigenvalue weighted by Gasteiger charge is -2.39. The predicted octanol–water partition coefficient (Wildman–Crippen LogP) is 1.66. The van der Waals surface area contributed by atoms with Crippen molar-refractivity contribution < 1.29 is 0 Å². The Hall–Kier alpha value is -0.910. The van der Waals surface area contributed by atoms with Crippen molar-refractivity contribution >= 4 is 0 Å². The van der Waals surface area contributed by atoms with E-state index >= 15 is 0 Å². The number of aromatic nitrogens is 2. The van der Waals surface area contributed by atoms with Crippen molar-refractivity contribution in [3.05, 3.63) is 18.0 Å². The van der Waals surface area contributed by atoms with Crippen molar-refractivity contribution in [2.45, 2.75) is 44.3 Å². The van der Waals surface area contributed by atoms with Gasteiger partial charge in [0.15, 0.2) is 0 Å². The molecule has 134 valence electrons. The van der Waals surface area contributed by atoms with Gasteiger partial charge < -0.3 is 4.90 Å². The summed E-state index contributed by atoms with van der Waals surface area (Å²) in [6.45, 7) is 6.17. The Labute approximate surface area is 146 Å². The second kappa shape index (κ2) is 6.77. The molecule has 1 aliphatic carbocycles. The fourth-order valence-corrected chi connectivity index (χ4v) is 4.96. The number of likely N-dealkylation sites (tertiary alicyclic amines) is 2. The number of nitrogens with zero attached hydrogens (tertiary/aromatic N) is 5. The first kappa shape index (κ1) is 16.6. The molecule has 3 atom stereocenters. The van der Waals surface area contributed by atoms with Crippen molar-refractivity contribution in [2.75, 3.05) is 40.3 Å². The first-order valence-electron chi connectivity index (χ1n) is 9.69. The first-order chi connectivity index (χ1) is 11.6. The van der Waals surface area contributed by atoms with E-state index in [2.05, 4.69) is 40.1 Å². The van der Waals surface area contributed by atoms with Gasteiger partial charge in [0.05, 0.1) is 6.20 Å². The SMILES string of the molecule is CN(C)C[C@@H]1C[C@@H]2CN(Cc3cnn(C)c3)CC[C@@H]2N1CC1CC1. The Kier molecular flexibility index (Phi) is 4.67. The van der Waals surface area contributed by atoms with Crippen LogP contribution in [-0.2, 0) is 13.6 Å². The highest BCUT2D eigenvalue weighted by Gasteiger charge is 2.45. The fourth-order valence-electron chi connectivity index (χ4n) is 4.96. The Bertz CT molecular complexity index is 550. The highest BCUT2D eigenvalue weighted by molar-refractivity contribution is 5.05. The molecule has 3 fully saturated rings. The Morgan fingerprint density at radius 3 is 2.75 bits per heavy atom. The van der Waals surface area contributed by atoms with E-state index in [9.17, 15) is 0 Å². The van der Waals surface area contributed by atoms with Crippen LogP contribution in [0.1, 0.15) is 31.2 Å². The normalized spacial score (nSPS) is 31.8. The quantitative estimate of drug-likeness (QED) is 0.792. The van der Waals surface area contributed by atoms with Crippen LogP contribution in [0.3, 0.4) is 0 Å². The van der Waals surface area contributed by atoms with E-state index in [-0.39, 0.29) is 0 Å². The third kappa shape index (κ3) is 3.68. The molecule has 1 aromatic rings. The average molecular weight is 332 g/mol. The van der Waals surface area contributed by atoms with Gasteiger partial charge in [-0.15, -0.1) is 0 Å². The highest BCUT2D eigenvalue weighted by Crippen LogP contribution is 2.40. The molecule has 0 unspecified atom stereocenters. The topological polar surface area (TPSA) is 27.5 Å². The second-order valence-corrected chi connectivity index (χ2v) is 8.67. The number of hydrogen-bond acceptors (Lipinski definition) is 4. The van der Waals surface area contributed by atoms with Gasteiger partial charge in [-0.05, 0) is 58.2 Å². The molecule has 0 spiro atoms. The van der Waals surface area contributed by atoms with Gasteiger partial charge in [-0.1, -0.05) is 0 Å². The van der Waals surface area contributed by atoms with Crippen LogP contribution in [0.2, 0.25) is 0 Å². The first-order valence-corrected chi connectivity index (χ1v) is 9.69. The third-order valence-electron chi connectivity index (χ3n) is 6.15. The van der Waals surface area contributed by atoms with Gasteiger partial charge in [0.2, 0.25) is 0 Å². The summed E-state index contributed by atoms with van der Waals surface area (Å²) >= 11 is 0. The van der Waals surface area contributed by atoms with Crippen LogP contribution in [0, 0.1) is 11.8 Å². The number of likely N-dealkylation sites (N-methyl/N-ethyl adjacent to an activating group) is 1. The van der Waals surface area contributed by atoms with E-state index in [1.54, 1.807) is 0 Å². The van der Waals surface area contributed by atoms with Gasteiger partial charge in [0.25, 0.3) is 0 Å². The minimum absolute atomic E-state index is 0.772. The highest BCUT2D eigenvalue weighted by atomic mass is 15.3. The molecule has 1 saturated carbocycles. The standard InChI is InChI=1S/C19H33N5/c1-21(2)14-18-8-17-13-23(11-16-9-20-22(3)10-16)7-6-19(17)24(18)12-15-4-5-15/h9-10,15,17-19H,4-8,11-14H2,1-3H3/t17-,18+,19+/m1/s1. The van der Waals surface area contributed by atoms with Gasteiger partial charge in [0, 0.05) is 57.1 Å². The molecule has 3 heterocycles. The zero-order valence-corrected chi connectivity index (χ0v) is 15.6.